The van der Waals surface area contributed by atoms with Gasteiger partial charge < -0.3 is 4.90 Å². The monoisotopic (exact) mass is 467 g/mol. The molecular formula is C22H33N3O4S2. The molecule has 31 heavy (non-hydrogen) atoms. The van der Waals surface area contributed by atoms with Gasteiger partial charge in [-0.2, -0.15) is 0 Å². The third-order valence-corrected chi connectivity index (χ3v) is 9.84. The Bertz CT molecular complexity index is 1070. The van der Waals surface area contributed by atoms with Crippen LogP contribution in [0.5, 0.6) is 0 Å². The predicted octanol–water partition coefficient (Wildman–Crippen LogP) is 2.92. The van der Waals surface area contributed by atoms with Crippen LogP contribution in [0, 0.1) is 5.92 Å². The fourth-order valence-corrected chi connectivity index (χ4v) is 6.60. The van der Waals surface area contributed by atoms with Crippen molar-refractivity contribution in [2.45, 2.75) is 43.3 Å². The minimum atomic E-state index is -4.09. The summed E-state index contributed by atoms with van der Waals surface area (Å²) in [7, 11) is -2.88. The molecule has 0 bridgehead atoms. The minimum absolute atomic E-state index is 0.0426. The van der Waals surface area contributed by atoms with E-state index in [2.05, 4.69) is 4.90 Å². The molecule has 1 unspecified atom stereocenters. The van der Waals surface area contributed by atoms with Gasteiger partial charge in [0.1, 0.15) is 4.75 Å². The molecule has 7 nitrogen and oxygen atoms in total. The maximum absolute atomic E-state index is 12.9. The Labute approximate surface area is 186 Å². The van der Waals surface area contributed by atoms with Gasteiger partial charge >= 0.3 is 0 Å². The van der Waals surface area contributed by atoms with Crippen LogP contribution in [0.1, 0.15) is 44.1 Å². The molecule has 1 fully saturated rings. The molecule has 3 rings (SSSR count). The van der Waals surface area contributed by atoms with Crippen molar-refractivity contribution in [1.29, 1.82) is 0 Å². The lowest BCUT2D eigenvalue weighted by Gasteiger charge is -2.36. The van der Waals surface area contributed by atoms with Crippen LogP contribution in [-0.2, 0) is 24.8 Å². The van der Waals surface area contributed by atoms with Gasteiger partial charge in [-0.1, -0.05) is 49.6 Å². The van der Waals surface area contributed by atoms with Gasteiger partial charge in [-0.15, -0.1) is 0 Å². The zero-order valence-corrected chi connectivity index (χ0v) is 20.1. The number of sulfonamides is 2. The predicted molar refractivity (Wildman–Crippen MR) is 126 cm³/mol. The van der Waals surface area contributed by atoms with Crippen molar-refractivity contribution < 1.29 is 16.8 Å². The molecule has 0 spiro atoms. The molecule has 1 atom stereocenters. The Morgan fingerprint density at radius 2 is 1.68 bits per heavy atom. The molecule has 172 valence electrons. The SMILES string of the molecule is CN(CC1CCCCC1)c1ccccc1C1(S(N)(=O)=O)C=CC(S(=O)(=O)N(C)C)=CC1. The lowest BCUT2D eigenvalue weighted by atomic mass is 9.87. The molecule has 1 aromatic carbocycles. The summed E-state index contributed by atoms with van der Waals surface area (Å²) >= 11 is 0. The Kier molecular flexibility index (Phi) is 7.00. The van der Waals surface area contributed by atoms with E-state index < -0.39 is 24.8 Å². The molecular weight excluding hydrogens is 434 g/mol. The first-order valence-electron chi connectivity index (χ1n) is 10.6. The van der Waals surface area contributed by atoms with Crippen LogP contribution < -0.4 is 10.0 Å². The Balaban J connectivity index is 2.01. The minimum Gasteiger partial charge on any atom is -0.374 e. The molecule has 0 saturated heterocycles. The second-order valence-corrected chi connectivity index (χ2v) is 12.7. The van der Waals surface area contributed by atoms with E-state index in [0.717, 1.165) is 16.5 Å². The van der Waals surface area contributed by atoms with Crippen LogP contribution in [0.2, 0.25) is 0 Å². The summed E-state index contributed by atoms with van der Waals surface area (Å²) in [6.45, 7) is 0.845. The van der Waals surface area contributed by atoms with Gasteiger partial charge in [0.05, 0.1) is 4.91 Å². The molecule has 2 N–H and O–H groups in total. The molecule has 2 aliphatic carbocycles. The number of anilines is 1. The number of nitrogens with two attached hydrogens (primary N) is 1. The molecule has 0 heterocycles. The molecule has 0 aliphatic heterocycles. The van der Waals surface area contributed by atoms with E-state index in [-0.39, 0.29) is 11.3 Å². The van der Waals surface area contributed by atoms with Crippen molar-refractivity contribution in [3.05, 3.63) is 53.0 Å². The Hall–Kier alpha value is -1.68. The molecule has 9 heteroatoms. The van der Waals surface area contributed by atoms with Crippen molar-refractivity contribution in [3.63, 3.8) is 0 Å². The standard InChI is InChI=1S/C22H33N3O4S2/c1-24(2)30(26,27)19-13-15-22(16-14-19,31(23,28)29)20-11-7-8-12-21(20)25(3)17-18-9-5-4-6-10-18/h7-8,11-15,18H,4-6,9-10,16-17H2,1-3H3,(H2,23,28,29). The van der Waals surface area contributed by atoms with E-state index in [0.29, 0.717) is 11.5 Å². The summed E-state index contributed by atoms with van der Waals surface area (Å²) in [6, 6.07) is 7.37. The van der Waals surface area contributed by atoms with Crippen LogP contribution in [0.25, 0.3) is 0 Å². The largest absolute Gasteiger partial charge is 0.374 e. The van der Waals surface area contributed by atoms with Gasteiger partial charge in [-0.3, -0.25) is 0 Å². The second kappa shape index (κ2) is 9.05. The topological polar surface area (TPSA) is 101 Å². The number of hydrogen-bond donors (Lipinski definition) is 1. The highest BCUT2D eigenvalue weighted by molar-refractivity contribution is 7.93. The fourth-order valence-electron chi connectivity index (χ4n) is 4.59. The van der Waals surface area contributed by atoms with Gasteiger partial charge in [-0.25, -0.2) is 26.3 Å². The van der Waals surface area contributed by atoms with E-state index in [1.807, 2.05) is 19.2 Å². The van der Waals surface area contributed by atoms with Crippen LogP contribution >= 0.6 is 0 Å². The first-order valence-corrected chi connectivity index (χ1v) is 13.6. The smallest absolute Gasteiger partial charge is 0.242 e. The normalized spacial score (nSPS) is 23.1. The Morgan fingerprint density at radius 1 is 1.03 bits per heavy atom. The van der Waals surface area contributed by atoms with Crippen molar-refractivity contribution in [2.75, 3.05) is 32.6 Å². The van der Waals surface area contributed by atoms with Gasteiger partial charge in [0.2, 0.25) is 20.0 Å². The van der Waals surface area contributed by atoms with Crippen LogP contribution in [0.4, 0.5) is 5.69 Å². The summed E-state index contributed by atoms with van der Waals surface area (Å²) in [5.74, 6) is 0.580. The molecule has 0 amide bonds. The Morgan fingerprint density at radius 3 is 2.23 bits per heavy atom. The molecule has 0 radical (unpaired) electrons. The maximum Gasteiger partial charge on any atom is 0.242 e. The summed E-state index contributed by atoms with van der Waals surface area (Å²) in [5.41, 5.74) is 1.38. The number of primary sulfonamides is 1. The van der Waals surface area contributed by atoms with Gasteiger partial charge in [0, 0.05) is 38.9 Å². The van der Waals surface area contributed by atoms with Crippen molar-refractivity contribution in [3.8, 4) is 0 Å². The average Bonchev–Trinajstić information content (AvgIpc) is 2.73. The van der Waals surface area contributed by atoms with Crippen LogP contribution in [0.3, 0.4) is 0 Å². The van der Waals surface area contributed by atoms with Gasteiger partial charge in [0.25, 0.3) is 0 Å². The maximum atomic E-state index is 12.9. The molecule has 2 aliphatic rings. The lowest BCUT2D eigenvalue weighted by molar-refractivity contribution is 0.362. The van der Waals surface area contributed by atoms with Gasteiger partial charge in [-0.05, 0) is 37.3 Å². The average molecular weight is 468 g/mol. The van der Waals surface area contributed by atoms with E-state index in [4.69, 9.17) is 5.14 Å². The quantitative estimate of drug-likeness (QED) is 0.664. The fraction of sp³-hybridized carbons (Fsp3) is 0.545. The molecule has 1 saturated carbocycles. The van der Waals surface area contributed by atoms with Crippen molar-refractivity contribution in [1.82, 2.24) is 4.31 Å². The number of rotatable bonds is 7. The second-order valence-electron chi connectivity index (χ2n) is 8.77. The third kappa shape index (κ3) is 4.74. The number of para-hydroxylation sites is 1. The lowest BCUT2D eigenvalue weighted by Crippen LogP contribution is -2.42. The summed E-state index contributed by atoms with van der Waals surface area (Å²) in [6.07, 6.45) is 10.3. The molecule has 1 aromatic rings. The summed E-state index contributed by atoms with van der Waals surface area (Å²) in [5, 5.41) is 5.76. The highest BCUT2D eigenvalue weighted by Gasteiger charge is 2.44. The number of nitrogens with zero attached hydrogens (tertiary/aromatic N) is 2. The van der Waals surface area contributed by atoms with Crippen LogP contribution in [0.15, 0.2) is 47.4 Å². The van der Waals surface area contributed by atoms with Crippen molar-refractivity contribution >= 4 is 25.7 Å². The molecule has 0 aromatic heterocycles. The van der Waals surface area contributed by atoms with E-state index in [9.17, 15) is 16.8 Å². The highest BCUT2D eigenvalue weighted by Crippen LogP contribution is 2.43. The van der Waals surface area contributed by atoms with Crippen LogP contribution in [-0.4, -0.2) is 48.8 Å². The van der Waals surface area contributed by atoms with E-state index in [1.54, 1.807) is 12.1 Å². The zero-order chi connectivity index (χ0) is 22.9. The van der Waals surface area contributed by atoms with Gasteiger partial charge in [0.15, 0.2) is 0 Å². The highest BCUT2D eigenvalue weighted by atomic mass is 32.2. The number of allylic oxidation sites excluding steroid dienone is 2. The first-order chi connectivity index (χ1) is 14.5. The first kappa shape index (κ1) is 24.0. The zero-order valence-electron chi connectivity index (χ0n) is 18.5. The summed E-state index contributed by atoms with van der Waals surface area (Å²) in [4.78, 5) is 2.19. The number of benzene rings is 1. The van der Waals surface area contributed by atoms with Crippen molar-refractivity contribution in [2.24, 2.45) is 11.1 Å². The summed E-state index contributed by atoms with van der Waals surface area (Å²) < 4.78 is 50.4. The third-order valence-electron chi connectivity index (χ3n) is 6.44. The van der Waals surface area contributed by atoms with E-state index in [1.165, 1.54) is 64.4 Å². The van der Waals surface area contributed by atoms with E-state index >= 15 is 0 Å². The number of hydrogen-bond acceptors (Lipinski definition) is 5.